The topological polar surface area (TPSA) is 55.4 Å². The molecular formula is C15H25NO3S. The summed E-state index contributed by atoms with van der Waals surface area (Å²) in [6, 6.07) is 5.70. The van der Waals surface area contributed by atoms with Crippen molar-refractivity contribution in [3.63, 3.8) is 0 Å². The fourth-order valence-electron chi connectivity index (χ4n) is 1.76. The summed E-state index contributed by atoms with van der Waals surface area (Å²) in [7, 11) is -1.51. The summed E-state index contributed by atoms with van der Waals surface area (Å²) in [5.41, 5.74) is 1.81. The van der Waals surface area contributed by atoms with E-state index >= 15 is 0 Å². The Morgan fingerprint density at radius 2 is 1.90 bits per heavy atom. The third kappa shape index (κ3) is 5.51. The molecule has 1 aromatic rings. The molecule has 4 nitrogen and oxygen atoms in total. The Morgan fingerprint density at radius 3 is 2.40 bits per heavy atom. The largest absolute Gasteiger partial charge is 0.496 e. The molecule has 20 heavy (non-hydrogen) atoms. The molecular weight excluding hydrogens is 274 g/mol. The average Bonchev–Trinajstić information content (AvgIpc) is 2.35. The van der Waals surface area contributed by atoms with Crippen LogP contribution in [0.15, 0.2) is 18.2 Å². The first-order valence-corrected chi connectivity index (χ1v) is 8.60. The summed E-state index contributed by atoms with van der Waals surface area (Å²) >= 11 is 0. The second-order valence-corrected chi connectivity index (χ2v) is 8.28. The number of hydrogen-bond donors (Lipinski definition) is 1. The van der Waals surface area contributed by atoms with Gasteiger partial charge < -0.3 is 10.1 Å². The zero-order valence-corrected chi connectivity index (χ0v) is 13.8. The quantitative estimate of drug-likeness (QED) is 0.877. The lowest BCUT2D eigenvalue weighted by atomic mass is 10.1. The average molecular weight is 299 g/mol. The first kappa shape index (κ1) is 17.0. The van der Waals surface area contributed by atoms with E-state index in [0.717, 1.165) is 11.1 Å². The van der Waals surface area contributed by atoms with Crippen molar-refractivity contribution in [3.05, 3.63) is 29.3 Å². The second kappa shape index (κ2) is 6.59. The minimum absolute atomic E-state index is 0.0234. The van der Waals surface area contributed by atoms with Crippen LogP contribution in [0.3, 0.4) is 0 Å². The smallest absolute Gasteiger partial charge is 0.154 e. The molecule has 0 saturated heterocycles. The van der Waals surface area contributed by atoms with Gasteiger partial charge in [0, 0.05) is 23.4 Å². The molecule has 0 spiro atoms. The Balaban J connectivity index is 2.97. The fraction of sp³-hybridized carbons (Fsp3) is 0.600. The first-order valence-electron chi connectivity index (χ1n) is 6.78. The van der Waals surface area contributed by atoms with Crippen LogP contribution in [0.5, 0.6) is 5.75 Å². The van der Waals surface area contributed by atoms with Gasteiger partial charge in [-0.15, -0.1) is 0 Å². The van der Waals surface area contributed by atoms with Gasteiger partial charge in [0.15, 0.2) is 9.84 Å². The van der Waals surface area contributed by atoms with E-state index in [1.807, 2.05) is 18.2 Å². The molecule has 1 aromatic carbocycles. The number of rotatable bonds is 6. The zero-order chi connectivity index (χ0) is 15.4. The van der Waals surface area contributed by atoms with Crippen LogP contribution in [0.4, 0.5) is 0 Å². The number of methoxy groups -OCH3 is 1. The fourth-order valence-corrected chi connectivity index (χ4v) is 2.66. The van der Waals surface area contributed by atoms with E-state index in [9.17, 15) is 8.42 Å². The Morgan fingerprint density at radius 1 is 1.25 bits per heavy atom. The van der Waals surface area contributed by atoms with Gasteiger partial charge in [-0.25, -0.2) is 8.42 Å². The number of nitrogens with one attached hydrogen (secondary N) is 1. The van der Waals surface area contributed by atoms with Crippen LogP contribution in [0, 0.1) is 0 Å². The zero-order valence-electron chi connectivity index (χ0n) is 13.0. The molecule has 0 radical (unpaired) electrons. The van der Waals surface area contributed by atoms with Crippen molar-refractivity contribution >= 4 is 9.84 Å². The predicted molar refractivity (Wildman–Crippen MR) is 82.8 cm³/mol. The van der Waals surface area contributed by atoms with Crippen LogP contribution in [-0.4, -0.2) is 26.8 Å². The minimum Gasteiger partial charge on any atom is -0.496 e. The molecule has 5 heteroatoms. The molecule has 0 unspecified atom stereocenters. The van der Waals surface area contributed by atoms with Crippen LogP contribution in [0.1, 0.15) is 38.8 Å². The highest BCUT2D eigenvalue weighted by Crippen LogP contribution is 2.22. The van der Waals surface area contributed by atoms with E-state index in [1.165, 1.54) is 0 Å². The van der Waals surface area contributed by atoms with E-state index in [4.69, 9.17) is 4.74 Å². The van der Waals surface area contributed by atoms with Gasteiger partial charge in [0.05, 0.1) is 12.9 Å². The number of benzene rings is 1. The van der Waals surface area contributed by atoms with Gasteiger partial charge in [0.2, 0.25) is 0 Å². The van der Waals surface area contributed by atoms with Gasteiger partial charge in [-0.2, -0.15) is 0 Å². The molecule has 0 aliphatic rings. The molecule has 114 valence electrons. The summed E-state index contributed by atoms with van der Waals surface area (Å²) < 4.78 is 28.8. The maximum Gasteiger partial charge on any atom is 0.154 e. The normalized spacial score (nSPS) is 12.4. The lowest BCUT2D eigenvalue weighted by Gasteiger charge is -2.21. The lowest BCUT2D eigenvalue weighted by molar-refractivity contribution is 0.409. The molecule has 0 heterocycles. The molecule has 0 fully saturated rings. The Hall–Kier alpha value is -1.07. The molecule has 0 saturated carbocycles. The molecule has 0 aliphatic heterocycles. The van der Waals surface area contributed by atoms with Crippen LogP contribution >= 0.6 is 0 Å². The van der Waals surface area contributed by atoms with E-state index in [-0.39, 0.29) is 17.0 Å². The van der Waals surface area contributed by atoms with Gasteiger partial charge >= 0.3 is 0 Å². The highest BCUT2D eigenvalue weighted by atomic mass is 32.2. The van der Waals surface area contributed by atoms with Gasteiger partial charge in [-0.1, -0.05) is 13.0 Å². The van der Waals surface area contributed by atoms with Crippen molar-refractivity contribution in [1.29, 1.82) is 0 Å². The Bertz CT molecular complexity index is 545. The molecule has 0 amide bonds. The van der Waals surface area contributed by atoms with E-state index in [2.05, 4.69) is 26.1 Å². The Kier molecular flexibility index (Phi) is 5.59. The third-order valence-electron chi connectivity index (χ3n) is 2.98. The summed E-state index contributed by atoms with van der Waals surface area (Å²) in [5, 5.41) is 3.39. The summed E-state index contributed by atoms with van der Waals surface area (Å²) in [6.07, 6.45) is 0. The van der Waals surface area contributed by atoms with Crippen molar-refractivity contribution in [2.24, 2.45) is 0 Å². The van der Waals surface area contributed by atoms with Gasteiger partial charge in [-0.05, 0) is 38.5 Å². The highest BCUT2D eigenvalue weighted by Gasteiger charge is 2.14. The molecule has 0 aliphatic carbocycles. The van der Waals surface area contributed by atoms with Crippen molar-refractivity contribution in [3.8, 4) is 5.75 Å². The van der Waals surface area contributed by atoms with Gasteiger partial charge in [-0.3, -0.25) is 0 Å². The monoisotopic (exact) mass is 299 g/mol. The predicted octanol–water partition coefficient (Wildman–Crippen LogP) is 2.52. The van der Waals surface area contributed by atoms with E-state index < -0.39 is 9.84 Å². The first-order chi connectivity index (χ1) is 9.17. The van der Waals surface area contributed by atoms with Crippen LogP contribution < -0.4 is 10.1 Å². The van der Waals surface area contributed by atoms with Crippen molar-refractivity contribution in [2.45, 2.75) is 45.5 Å². The SMILES string of the molecule is CCS(=O)(=O)Cc1cc(CNC(C)(C)C)ccc1OC. The lowest BCUT2D eigenvalue weighted by Crippen LogP contribution is -2.35. The second-order valence-electron chi connectivity index (χ2n) is 5.93. The summed E-state index contributed by atoms with van der Waals surface area (Å²) in [4.78, 5) is 0. The minimum atomic E-state index is -3.07. The van der Waals surface area contributed by atoms with Crippen molar-refractivity contribution in [2.75, 3.05) is 12.9 Å². The van der Waals surface area contributed by atoms with Crippen molar-refractivity contribution < 1.29 is 13.2 Å². The maximum atomic E-state index is 11.8. The Labute approximate surface area is 122 Å². The van der Waals surface area contributed by atoms with Crippen LogP contribution in [0.25, 0.3) is 0 Å². The van der Waals surface area contributed by atoms with E-state index in [0.29, 0.717) is 12.3 Å². The summed E-state index contributed by atoms with van der Waals surface area (Å²) in [5.74, 6) is 0.790. The number of sulfone groups is 1. The number of ether oxygens (including phenoxy) is 1. The van der Waals surface area contributed by atoms with Gasteiger partial charge in [0.25, 0.3) is 0 Å². The molecule has 0 atom stereocenters. The number of hydrogen-bond acceptors (Lipinski definition) is 4. The van der Waals surface area contributed by atoms with Gasteiger partial charge in [0.1, 0.15) is 5.75 Å². The van der Waals surface area contributed by atoms with Crippen LogP contribution in [0.2, 0.25) is 0 Å². The summed E-state index contributed by atoms with van der Waals surface area (Å²) in [6.45, 7) is 8.65. The highest BCUT2D eigenvalue weighted by molar-refractivity contribution is 7.90. The third-order valence-corrected chi connectivity index (χ3v) is 4.61. The molecule has 0 bridgehead atoms. The van der Waals surface area contributed by atoms with E-state index in [1.54, 1.807) is 14.0 Å². The van der Waals surface area contributed by atoms with Crippen LogP contribution in [-0.2, 0) is 22.1 Å². The standard InChI is InChI=1S/C15H25NO3S/c1-6-20(17,18)11-13-9-12(7-8-14(13)19-5)10-16-15(2,3)4/h7-9,16H,6,10-11H2,1-5H3. The van der Waals surface area contributed by atoms with Crippen molar-refractivity contribution in [1.82, 2.24) is 5.32 Å². The molecule has 1 N–H and O–H groups in total. The molecule has 1 rings (SSSR count). The maximum absolute atomic E-state index is 11.8. The molecule has 0 aromatic heterocycles.